The van der Waals surface area contributed by atoms with Crippen LogP contribution in [-0.4, -0.2) is 23.5 Å². The number of rotatable bonds is 4. The molecule has 0 atom stereocenters. The molecule has 0 aliphatic rings. The lowest BCUT2D eigenvalue weighted by molar-refractivity contribution is 1.03. The summed E-state index contributed by atoms with van der Waals surface area (Å²) in [5.41, 5.74) is 6.85. The number of halogens is 1. The lowest BCUT2D eigenvalue weighted by atomic mass is 10.0. The molecule has 4 heteroatoms. The predicted molar refractivity (Wildman–Crippen MR) is 112 cm³/mol. The van der Waals surface area contributed by atoms with E-state index in [-0.39, 0.29) is 0 Å². The Balaban J connectivity index is 1.79. The third kappa shape index (κ3) is 3.25. The molecule has 0 saturated heterocycles. The maximum Gasteiger partial charge on any atom is 0.137 e. The minimum atomic E-state index is 0.838. The molecule has 0 spiro atoms. The topological polar surface area (TPSA) is 20.5 Å². The second-order valence-corrected chi connectivity index (χ2v) is 7.50. The molecule has 4 rings (SSSR count). The maximum absolute atomic E-state index is 4.89. The Bertz CT molecular complexity index is 1030. The molecule has 3 nitrogen and oxygen atoms in total. The first-order valence-electron chi connectivity index (χ1n) is 8.60. The highest BCUT2D eigenvalue weighted by Gasteiger charge is 2.14. The summed E-state index contributed by atoms with van der Waals surface area (Å²) in [6.07, 6.45) is 2.93. The predicted octanol–water partition coefficient (Wildman–Crippen LogP) is 5.42. The number of hydrogen-bond donors (Lipinski definition) is 0. The second kappa shape index (κ2) is 6.96. The first kappa shape index (κ1) is 16.9. The van der Waals surface area contributed by atoms with Crippen molar-refractivity contribution in [1.82, 2.24) is 9.38 Å². The van der Waals surface area contributed by atoms with Crippen molar-refractivity contribution in [3.05, 3.63) is 88.7 Å². The number of anilines is 1. The Labute approximate surface area is 162 Å². The molecule has 0 bridgehead atoms. The number of aromatic nitrogens is 2. The third-order valence-electron chi connectivity index (χ3n) is 4.57. The molecular formula is C22H20BrN3. The van der Waals surface area contributed by atoms with Crippen molar-refractivity contribution in [1.29, 1.82) is 0 Å². The number of benzene rings is 2. The number of fused-ring (bicyclic) bond motifs is 1. The van der Waals surface area contributed by atoms with Gasteiger partial charge in [0.25, 0.3) is 0 Å². The average molecular weight is 406 g/mol. The van der Waals surface area contributed by atoms with E-state index < -0.39 is 0 Å². The van der Waals surface area contributed by atoms with Crippen molar-refractivity contribution < 1.29 is 0 Å². The molecule has 2 heterocycles. The van der Waals surface area contributed by atoms with Crippen LogP contribution in [-0.2, 0) is 6.42 Å². The van der Waals surface area contributed by atoms with Gasteiger partial charge in [0, 0.05) is 42.4 Å². The summed E-state index contributed by atoms with van der Waals surface area (Å²) in [7, 11) is 4.12. The molecule has 0 aliphatic carbocycles. The van der Waals surface area contributed by atoms with Crippen molar-refractivity contribution in [2.75, 3.05) is 19.0 Å². The van der Waals surface area contributed by atoms with Crippen LogP contribution in [0.5, 0.6) is 0 Å². The van der Waals surface area contributed by atoms with Crippen molar-refractivity contribution >= 4 is 27.3 Å². The molecule has 2 aromatic heterocycles. The van der Waals surface area contributed by atoms with Gasteiger partial charge < -0.3 is 9.30 Å². The van der Waals surface area contributed by atoms with Crippen molar-refractivity contribution in [3.63, 3.8) is 0 Å². The summed E-state index contributed by atoms with van der Waals surface area (Å²) in [6, 6.07) is 23.2. The fraction of sp³-hybridized carbons (Fsp3) is 0.136. The van der Waals surface area contributed by atoms with Crippen LogP contribution in [0.15, 0.2) is 77.4 Å². The van der Waals surface area contributed by atoms with Crippen LogP contribution in [0.2, 0.25) is 0 Å². The minimum absolute atomic E-state index is 0.838. The summed E-state index contributed by atoms with van der Waals surface area (Å²) in [4.78, 5) is 7.01. The van der Waals surface area contributed by atoms with Gasteiger partial charge in [0.15, 0.2) is 0 Å². The van der Waals surface area contributed by atoms with Crippen LogP contribution < -0.4 is 4.90 Å². The highest BCUT2D eigenvalue weighted by atomic mass is 79.9. The van der Waals surface area contributed by atoms with E-state index in [0.717, 1.165) is 27.8 Å². The molecule has 0 aliphatic heterocycles. The van der Waals surface area contributed by atoms with Crippen LogP contribution in [0.25, 0.3) is 16.9 Å². The number of imidazole rings is 1. The summed E-state index contributed by atoms with van der Waals surface area (Å²) < 4.78 is 3.27. The van der Waals surface area contributed by atoms with E-state index in [1.807, 2.05) is 6.07 Å². The van der Waals surface area contributed by atoms with E-state index in [9.17, 15) is 0 Å². The largest absolute Gasteiger partial charge is 0.378 e. The standard InChI is InChI=1S/C22H20BrN3/c1-25(2)19-12-6-16(7-13-19)15-20-22(17-8-10-18(23)11-9-17)24-21-5-3-4-14-26(20)21/h3-14H,15H2,1-2H3. The molecule has 2 aromatic carbocycles. The van der Waals surface area contributed by atoms with Gasteiger partial charge in [-0.05, 0) is 42.0 Å². The van der Waals surface area contributed by atoms with Gasteiger partial charge in [-0.2, -0.15) is 0 Å². The second-order valence-electron chi connectivity index (χ2n) is 6.58. The zero-order valence-electron chi connectivity index (χ0n) is 14.9. The van der Waals surface area contributed by atoms with Gasteiger partial charge in [0.2, 0.25) is 0 Å². The molecule has 0 fully saturated rings. The average Bonchev–Trinajstić information content (AvgIpc) is 3.01. The zero-order chi connectivity index (χ0) is 18.1. The molecule has 0 amide bonds. The van der Waals surface area contributed by atoms with Crippen LogP contribution in [0.4, 0.5) is 5.69 Å². The Kier molecular flexibility index (Phi) is 4.51. The number of hydrogen-bond acceptors (Lipinski definition) is 2. The van der Waals surface area contributed by atoms with Gasteiger partial charge in [-0.1, -0.05) is 46.3 Å². The van der Waals surface area contributed by atoms with Gasteiger partial charge in [0.05, 0.1) is 11.4 Å². The fourth-order valence-electron chi connectivity index (χ4n) is 3.16. The number of pyridine rings is 1. The first-order valence-corrected chi connectivity index (χ1v) is 9.39. The lowest BCUT2D eigenvalue weighted by Crippen LogP contribution is -2.08. The first-order chi connectivity index (χ1) is 12.6. The van der Waals surface area contributed by atoms with Gasteiger partial charge >= 0.3 is 0 Å². The Morgan fingerprint density at radius 2 is 1.65 bits per heavy atom. The molecule has 0 saturated carbocycles. The Morgan fingerprint density at radius 3 is 2.35 bits per heavy atom. The summed E-state index contributed by atoms with van der Waals surface area (Å²) >= 11 is 3.51. The fourth-order valence-corrected chi connectivity index (χ4v) is 3.42. The molecule has 0 radical (unpaired) electrons. The van der Waals surface area contributed by atoms with Gasteiger partial charge in [-0.25, -0.2) is 4.98 Å². The van der Waals surface area contributed by atoms with Crippen molar-refractivity contribution in [3.8, 4) is 11.3 Å². The molecular weight excluding hydrogens is 386 g/mol. The minimum Gasteiger partial charge on any atom is -0.378 e. The molecule has 0 unspecified atom stereocenters. The molecule has 26 heavy (non-hydrogen) atoms. The Morgan fingerprint density at radius 1 is 0.923 bits per heavy atom. The van der Waals surface area contributed by atoms with Crippen LogP contribution in [0.3, 0.4) is 0 Å². The molecule has 130 valence electrons. The van der Waals surface area contributed by atoms with Gasteiger partial charge in [-0.3, -0.25) is 0 Å². The third-order valence-corrected chi connectivity index (χ3v) is 5.10. The monoisotopic (exact) mass is 405 g/mol. The summed E-state index contributed by atoms with van der Waals surface area (Å²) in [6.45, 7) is 0. The van der Waals surface area contributed by atoms with E-state index in [1.54, 1.807) is 0 Å². The van der Waals surface area contributed by atoms with E-state index in [4.69, 9.17) is 4.98 Å². The highest BCUT2D eigenvalue weighted by Crippen LogP contribution is 2.28. The lowest BCUT2D eigenvalue weighted by Gasteiger charge is -2.13. The number of nitrogens with zero attached hydrogens (tertiary/aromatic N) is 3. The Hall–Kier alpha value is -2.59. The highest BCUT2D eigenvalue weighted by molar-refractivity contribution is 9.10. The van der Waals surface area contributed by atoms with Crippen molar-refractivity contribution in [2.45, 2.75) is 6.42 Å². The van der Waals surface area contributed by atoms with E-state index in [2.05, 4.69) is 106 Å². The van der Waals surface area contributed by atoms with Gasteiger partial charge in [0.1, 0.15) is 5.65 Å². The van der Waals surface area contributed by atoms with Crippen LogP contribution >= 0.6 is 15.9 Å². The molecule has 4 aromatic rings. The SMILES string of the molecule is CN(C)c1ccc(Cc2c(-c3ccc(Br)cc3)nc3ccccn23)cc1. The smallest absolute Gasteiger partial charge is 0.137 e. The van der Waals surface area contributed by atoms with Crippen molar-refractivity contribution in [2.24, 2.45) is 0 Å². The zero-order valence-corrected chi connectivity index (χ0v) is 16.4. The van der Waals surface area contributed by atoms with E-state index in [0.29, 0.717) is 0 Å². The summed E-state index contributed by atoms with van der Waals surface area (Å²) in [5.74, 6) is 0. The van der Waals surface area contributed by atoms with Crippen LogP contribution in [0.1, 0.15) is 11.3 Å². The summed E-state index contributed by atoms with van der Waals surface area (Å²) in [5, 5.41) is 0. The van der Waals surface area contributed by atoms with Gasteiger partial charge in [-0.15, -0.1) is 0 Å². The van der Waals surface area contributed by atoms with Crippen LogP contribution in [0, 0.1) is 0 Å². The van der Waals surface area contributed by atoms with E-state index >= 15 is 0 Å². The maximum atomic E-state index is 4.89. The molecule has 0 N–H and O–H groups in total. The normalized spacial score (nSPS) is 11.0. The quantitative estimate of drug-likeness (QED) is 0.451. The van der Waals surface area contributed by atoms with E-state index in [1.165, 1.54) is 16.9 Å².